The summed E-state index contributed by atoms with van der Waals surface area (Å²) in [5.41, 5.74) is -0.0446. The molecule has 0 bridgehead atoms. The van der Waals surface area contributed by atoms with E-state index in [4.69, 9.17) is 28.8 Å². The molecule has 0 spiro atoms. The van der Waals surface area contributed by atoms with E-state index >= 15 is 0 Å². The lowest BCUT2D eigenvalue weighted by Crippen LogP contribution is -2.46. The average Bonchev–Trinajstić information content (AvgIpc) is 3.65. The van der Waals surface area contributed by atoms with Gasteiger partial charge in [0.1, 0.15) is 13.2 Å². The molecule has 0 saturated carbocycles. The number of carbonyl (C=O) groups is 1. The molecule has 0 aromatic carbocycles. The van der Waals surface area contributed by atoms with Crippen LogP contribution in [-0.4, -0.2) is 140 Å². The van der Waals surface area contributed by atoms with E-state index in [0.29, 0.717) is 19.3 Å². The summed E-state index contributed by atoms with van der Waals surface area (Å²) in [4.78, 5) is 18.6. The Morgan fingerprint density at radius 2 is 1.82 bits per heavy atom. The second-order valence-corrected chi connectivity index (χ2v) is 12.9. The van der Waals surface area contributed by atoms with Crippen LogP contribution in [-0.2, 0) is 28.5 Å². The Hall–Kier alpha value is -1.27. The van der Waals surface area contributed by atoms with E-state index < -0.39 is 5.97 Å². The van der Waals surface area contributed by atoms with Crippen molar-refractivity contribution in [3.05, 3.63) is 12.3 Å². The summed E-state index contributed by atoms with van der Waals surface area (Å²) in [6.07, 6.45) is 7.39. The summed E-state index contributed by atoms with van der Waals surface area (Å²) < 4.78 is 30.1. The van der Waals surface area contributed by atoms with Gasteiger partial charge in [-0.25, -0.2) is 4.79 Å². The van der Waals surface area contributed by atoms with Crippen molar-refractivity contribution in [2.45, 2.75) is 94.2 Å². The zero-order valence-electron chi connectivity index (χ0n) is 24.7. The lowest BCUT2D eigenvalue weighted by Gasteiger charge is -2.36. The number of ether oxygens (including phenoxy) is 5. The minimum absolute atomic E-state index is 0.0561. The number of carboxylic acid groups (broad SMARTS) is 1. The fraction of sp³-hybridized carbons (Fsp3) is 0.900. The topological polar surface area (TPSA) is 93.2 Å². The molecule has 5 rings (SSSR count). The summed E-state index contributed by atoms with van der Waals surface area (Å²) in [6, 6.07) is 0.304. The van der Waals surface area contributed by atoms with Gasteiger partial charge in [-0.15, -0.1) is 0 Å². The van der Waals surface area contributed by atoms with E-state index in [-0.39, 0.29) is 36.0 Å². The van der Waals surface area contributed by atoms with Crippen molar-refractivity contribution in [2.75, 3.05) is 78.9 Å². The molecule has 0 aromatic heterocycles. The Labute approximate surface area is 239 Å². The summed E-state index contributed by atoms with van der Waals surface area (Å²) in [7, 11) is 0. The van der Waals surface area contributed by atoms with Gasteiger partial charge in [-0.1, -0.05) is 6.58 Å². The maximum absolute atomic E-state index is 11.1. The van der Waals surface area contributed by atoms with Crippen molar-refractivity contribution in [3.8, 4) is 0 Å². The summed E-state index contributed by atoms with van der Waals surface area (Å²) in [5.74, 6) is -0.0757. The molecule has 5 aliphatic rings. The Balaban J connectivity index is 1.10. The number of morpholine rings is 1. The predicted molar refractivity (Wildman–Crippen MR) is 150 cm³/mol. The molecule has 40 heavy (non-hydrogen) atoms. The van der Waals surface area contributed by atoms with E-state index in [9.17, 15) is 4.79 Å². The van der Waals surface area contributed by atoms with Crippen LogP contribution in [0.1, 0.15) is 58.8 Å². The van der Waals surface area contributed by atoms with Gasteiger partial charge in [-0.3, -0.25) is 14.7 Å². The number of rotatable bonds is 15. The quantitative estimate of drug-likeness (QED) is 0.298. The number of aliphatic carboxylic acids is 1. The van der Waals surface area contributed by atoms with E-state index in [1.54, 1.807) is 0 Å². The Morgan fingerprint density at radius 1 is 1.05 bits per heavy atom. The van der Waals surface area contributed by atoms with Crippen LogP contribution in [0.25, 0.3) is 0 Å². The van der Waals surface area contributed by atoms with Gasteiger partial charge in [0.2, 0.25) is 0 Å². The maximum atomic E-state index is 11.1. The van der Waals surface area contributed by atoms with Gasteiger partial charge < -0.3 is 28.8 Å². The Kier molecular flexibility index (Phi) is 10.1. The number of hydrogen-bond acceptors (Lipinski definition) is 9. The lowest BCUT2D eigenvalue weighted by molar-refractivity contribution is -0.144. The second kappa shape index (κ2) is 13.4. The van der Waals surface area contributed by atoms with Gasteiger partial charge in [-0.05, 0) is 58.9 Å². The highest BCUT2D eigenvalue weighted by Crippen LogP contribution is 2.46. The first-order chi connectivity index (χ1) is 19.3. The second-order valence-electron chi connectivity index (χ2n) is 12.9. The minimum Gasteiger partial charge on any atom is -0.497 e. The molecular weight excluding hydrogens is 514 g/mol. The van der Waals surface area contributed by atoms with Crippen molar-refractivity contribution in [3.63, 3.8) is 0 Å². The molecule has 228 valence electrons. The third-order valence-corrected chi connectivity index (χ3v) is 9.77. The highest BCUT2D eigenvalue weighted by atomic mass is 16.5. The number of carboxylic acids is 1. The van der Waals surface area contributed by atoms with E-state index in [2.05, 4.69) is 35.1 Å². The summed E-state index contributed by atoms with van der Waals surface area (Å²) in [5, 5.41) is 9.11. The largest absolute Gasteiger partial charge is 0.497 e. The van der Waals surface area contributed by atoms with Crippen molar-refractivity contribution < 1.29 is 33.6 Å². The Morgan fingerprint density at radius 3 is 2.60 bits per heavy atom. The van der Waals surface area contributed by atoms with Gasteiger partial charge in [0.15, 0.2) is 0 Å². The van der Waals surface area contributed by atoms with E-state index in [0.717, 1.165) is 103 Å². The van der Waals surface area contributed by atoms with Crippen molar-refractivity contribution >= 4 is 5.97 Å². The van der Waals surface area contributed by atoms with Crippen LogP contribution < -0.4 is 0 Å². The van der Waals surface area contributed by atoms with Crippen LogP contribution in [0.5, 0.6) is 0 Å². The standard InChI is InChI=1S/C30H51N3O7/c1-23(2)39-22-30-7-5-25(33(30)19-27(17-30)38-20-28(34)35)15-24(3)40-21-29-6-4-8-32(29)18-26(16-29)37-14-11-31-9-12-36-13-10-31/h23,25-27H,3-22H2,1-2H3,(H,34,35)/t25?,26-,27-,29?,30?/m1/s1. The third kappa shape index (κ3) is 7.19. The molecule has 5 aliphatic heterocycles. The highest BCUT2D eigenvalue weighted by molar-refractivity contribution is 5.68. The van der Waals surface area contributed by atoms with Crippen LogP contribution in [0, 0.1) is 0 Å². The molecule has 3 unspecified atom stereocenters. The zero-order chi connectivity index (χ0) is 28.2. The molecule has 0 aromatic rings. The number of nitrogens with zero attached hydrogens (tertiary/aromatic N) is 3. The van der Waals surface area contributed by atoms with Crippen molar-refractivity contribution in [1.29, 1.82) is 0 Å². The first kappa shape index (κ1) is 30.2. The van der Waals surface area contributed by atoms with Gasteiger partial charge in [0.25, 0.3) is 0 Å². The monoisotopic (exact) mass is 565 g/mol. The van der Waals surface area contributed by atoms with Crippen molar-refractivity contribution in [2.24, 2.45) is 0 Å². The molecule has 0 radical (unpaired) electrons. The van der Waals surface area contributed by atoms with Gasteiger partial charge >= 0.3 is 5.97 Å². The molecule has 10 nitrogen and oxygen atoms in total. The normalized spacial score (nSPS) is 34.9. The van der Waals surface area contributed by atoms with Crippen LogP contribution in [0.4, 0.5) is 0 Å². The smallest absolute Gasteiger partial charge is 0.329 e. The average molecular weight is 566 g/mol. The molecule has 5 saturated heterocycles. The fourth-order valence-corrected chi connectivity index (χ4v) is 7.75. The molecule has 5 heterocycles. The molecule has 5 atom stereocenters. The van der Waals surface area contributed by atoms with E-state index in [1.807, 2.05) is 0 Å². The molecule has 5 fully saturated rings. The summed E-state index contributed by atoms with van der Waals surface area (Å²) in [6.45, 7) is 17.8. The molecule has 10 heteroatoms. The Bertz CT molecular complexity index is 868. The highest BCUT2D eigenvalue weighted by Gasteiger charge is 2.54. The molecule has 0 aliphatic carbocycles. The first-order valence-electron chi connectivity index (χ1n) is 15.5. The van der Waals surface area contributed by atoms with Crippen molar-refractivity contribution in [1.82, 2.24) is 14.7 Å². The zero-order valence-corrected chi connectivity index (χ0v) is 24.7. The summed E-state index contributed by atoms with van der Waals surface area (Å²) >= 11 is 0. The van der Waals surface area contributed by atoms with Gasteiger partial charge in [0, 0.05) is 50.7 Å². The molecular formula is C30H51N3O7. The third-order valence-electron chi connectivity index (χ3n) is 9.77. The first-order valence-corrected chi connectivity index (χ1v) is 15.5. The maximum Gasteiger partial charge on any atom is 0.329 e. The van der Waals surface area contributed by atoms with Crippen LogP contribution >= 0.6 is 0 Å². The van der Waals surface area contributed by atoms with Crippen LogP contribution in [0.2, 0.25) is 0 Å². The molecule has 1 N–H and O–H groups in total. The van der Waals surface area contributed by atoms with Gasteiger partial charge in [0.05, 0.1) is 56.0 Å². The number of hydrogen-bond donors (Lipinski definition) is 1. The van der Waals surface area contributed by atoms with Gasteiger partial charge in [-0.2, -0.15) is 0 Å². The lowest BCUT2D eigenvalue weighted by atomic mass is 9.94. The van der Waals surface area contributed by atoms with Crippen LogP contribution in [0.3, 0.4) is 0 Å². The fourth-order valence-electron chi connectivity index (χ4n) is 7.75. The molecule has 0 amide bonds. The SMILES string of the molecule is C=C(CC1CCC2(COC(C)C)C[C@@H](OCC(=O)O)CN12)OCC12CCCN1C[C@H](OCCN1CCOCC1)C2. The number of fused-ring (bicyclic) bond motifs is 2. The van der Waals surface area contributed by atoms with E-state index in [1.165, 1.54) is 6.42 Å². The minimum atomic E-state index is -0.921. The predicted octanol–water partition coefficient (Wildman–Crippen LogP) is 2.36. The van der Waals surface area contributed by atoms with Crippen LogP contribution in [0.15, 0.2) is 12.3 Å².